The molecule has 2 unspecified atom stereocenters. The molecule has 2 atom stereocenters. The number of aliphatic imine (C=N–C) groups is 1. The van der Waals surface area contributed by atoms with Crippen LogP contribution in [0.1, 0.15) is 65.2 Å². The zero-order chi connectivity index (χ0) is 17.7. The molecule has 0 radical (unpaired) electrons. The first-order valence-corrected chi connectivity index (χ1v) is 9.79. The summed E-state index contributed by atoms with van der Waals surface area (Å²) in [6, 6.07) is 0. The molecule has 0 aliphatic carbocycles. The lowest BCUT2D eigenvalue weighted by atomic mass is 9.84. The van der Waals surface area contributed by atoms with Crippen LogP contribution in [-0.2, 0) is 4.74 Å². The standard InChI is InChI=1S/C19H39N3O2/c1-4-5-6-7-8-9-17(2)14-21-18(20-3)22-15-19(10-12-23)11-13-24-16-19/h17,23H,4-16H2,1-3H3,(H2,20,21,22). The number of nitrogens with zero attached hydrogens (tertiary/aromatic N) is 1. The molecule has 1 heterocycles. The van der Waals surface area contributed by atoms with Crippen LogP contribution >= 0.6 is 0 Å². The number of rotatable bonds is 12. The van der Waals surface area contributed by atoms with Crippen molar-refractivity contribution in [2.75, 3.05) is 40.0 Å². The summed E-state index contributed by atoms with van der Waals surface area (Å²) in [7, 11) is 1.81. The van der Waals surface area contributed by atoms with Gasteiger partial charge in [0.2, 0.25) is 0 Å². The van der Waals surface area contributed by atoms with Gasteiger partial charge in [0.25, 0.3) is 0 Å². The van der Waals surface area contributed by atoms with Crippen molar-refractivity contribution < 1.29 is 9.84 Å². The fourth-order valence-electron chi connectivity index (χ4n) is 3.27. The molecule has 3 N–H and O–H groups in total. The van der Waals surface area contributed by atoms with Gasteiger partial charge in [-0.2, -0.15) is 0 Å². The number of unbranched alkanes of at least 4 members (excludes halogenated alkanes) is 4. The topological polar surface area (TPSA) is 65.9 Å². The molecule has 0 aromatic rings. The molecule has 142 valence electrons. The fraction of sp³-hybridized carbons (Fsp3) is 0.947. The van der Waals surface area contributed by atoms with E-state index in [1.807, 2.05) is 7.05 Å². The maximum absolute atomic E-state index is 9.30. The Kier molecular flexibility index (Phi) is 11.1. The highest BCUT2D eigenvalue weighted by atomic mass is 16.5. The maximum atomic E-state index is 9.30. The Morgan fingerprint density at radius 2 is 2.04 bits per heavy atom. The van der Waals surface area contributed by atoms with Gasteiger partial charge in [0.15, 0.2) is 5.96 Å². The largest absolute Gasteiger partial charge is 0.396 e. The highest BCUT2D eigenvalue weighted by Crippen LogP contribution is 2.31. The number of hydrogen-bond acceptors (Lipinski definition) is 3. The molecule has 0 amide bonds. The van der Waals surface area contributed by atoms with Gasteiger partial charge in [-0.05, 0) is 25.2 Å². The molecule has 0 saturated carbocycles. The predicted octanol–water partition coefficient (Wildman–Crippen LogP) is 2.94. The zero-order valence-corrected chi connectivity index (χ0v) is 16.1. The number of hydrogen-bond donors (Lipinski definition) is 3. The van der Waals surface area contributed by atoms with E-state index in [0.29, 0.717) is 5.92 Å². The molecule has 24 heavy (non-hydrogen) atoms. The molecule has 5 heteroatoms. The molecule has 0 spiro atoms. The van der Waals surface area contributed by atoms with Crippen molar-refractivity contribution >= 4 is 5.96 Å². The SMILES string of the molecule is CCCCCCCC(C)CNC(=NC)NCC1(CCO)CCOC1. The smallest absolute Gasteiger partial charge is 0.191 e. The molecule has 1 fully saturated rings. The molecule has 5 nitrogen and oxygen atoms in total. The molecule has 1 aliphatic heterocycles. The first-order chi connectivity index (χ1) is 11.7. The first-order valence-electron chi connectivity index (χ1n) is 9.79. The van der Waals surface area contributed by atoms with Crippen molar-refractivity contribution in [3.05, 3.63) is 0 Å². The average molecular weight is 342 g/mol. The summed E-state index contributed by atoms with van der Waals surface area (Å²) in [5.41, 5.74) is 0.0528. The summed E-state index contributed by atoms with van der Waals surface area (Å²) < 4.78 is 5.54. The first kappa shape index (κ1) is 21.2. The molecule has 1 rings (SSSR count). The Bertz CT molecular complexity index is 342. The van der Waals surface area contributed by atoms with E-state index in [9.17, 15) is 5.11 Å². The second-order valence-corrected chi connectivity index (χ2v) is 7.39. The van der Waals surface area contributed by atoms with Gasteiger partial charge in [-0.25, -0.2) is 0 Å². The molecule has 0 aromatic carbocycles. The lowest BCUT2D eigenvalue weighted by Gasteiger charge is -2.28. The van der Waals surface area contributed by atoms with E-state index in [0.717, 1.165) is 45.1 Å². The van der Waals surface area contributed by atoms with Crippen LogP contribution in [0.4, 0.5) is 0 Å². The van der Waals surface area contributed by atoms with Crippen LogP contribution in [0.25, 0.3) is 0 Å². The molecule has 0 bridgehead atoms. The highest BCUT2D eigenvalue weighted by Gasteiger charge is 2.34. The Hall–Kier alpha value is -0.810. The second kappa shape index (κ2) is 12.5. The summed E-state index contributed by atoms with van der Waals surface area (Å²) in [5.74, 6) is 1.52. The summed E-state index contributed by atoms with van der Waals surface area (Å²) >= 11 is 0. The van der Waals surface area contributed by atoms with Crippen molar-refractivity contribution in [2.24, 2.45) is 16.3 Å². The van der Waals surface area contributed by atoms with Gasteiger partial charge in [0.05, 0.1) is 6.61 Å². The van der Waals surface area contributed by atoms with Crippen LogP contribution in [0.3, 0.4) is 0 Å². The van der Waals surface area contributed by atoms with Crippen LogP contribution in [0.2, 0.25) is 0 Å². The van der Waals surface area contributed by atoms with Gasteiger partial charge in [0.1, 0.15) is 0 Å². The van der Waals surface area contributed by atoms with Crippen LogP contribution in [0.5, 0.6) is 0 Å². The van der Waals surface area contributed by atoms with Crippen LogP contribution in [-0.4, -0.2) is 51.0 Å². The van der Waals surface area contributed by atoms with Gasteiger partial charge in [0, 0.05) is 38.8 Å². The van der Waals surface area contributed by atoms with E-state index in [1.54, 1.807) is 0 Å². The van der Waals surface area contributed by atoms with Crippen LogP contribution in [0, 0.1) is 11.3 Å². The van der Waals surface area contributed by atoms with E-state index in [4.69, 9.17) is 4.74 Å². The third kappa shape index (κ3) is 8.34. The normalized spacial score (nSPS) is 22.6. The predicted molar refractivity (Wildman–Crippen MR) is 101 cm³/mol. The summed E-state index contributed by atoms with van der Waals surface area (Å²) in [6.45, 7) is 8.06. The lowest BCUT2D eigenvalue weighted by molar-refractivity contribution is 0.127. The minimum absolute atomic E-state index is 0.0528. The van der Waals surface area contributed by atoms with E-state index in [-0.39, 0.29) is 12.0 Å². The van der Waals surface area contributed by atoms with Crippen molar-refractivity contribution in [1.29, 1.82) is 0 Å². The van der Waals surface area contributed by atoms with Crippen LogP contribution < -0.4 is 10.6 Å². The quantitative estimate of drug-likeness (QED) is 0.290. The van der Waals surface area contributed by atoms with Crippen molar-refractivity contribution in [3.8, 4) is 0 Å². The fourth-order valence-corrected chi connectivity index (χ4v) is 3.27. The van der Waals surface area contributed by atoms with Gasteiger partial charge >= 0.3 is 0 Å². The van der Waals surface area contributed by atoms with Crippen LogP contribution in [0.15, 0.2) is 4.99 Å². The Labute approximate surface area is 148 Å². The monoisotopic (exact) mass is 341 g/mol. The third-order valence-electron chi connectivity index (χ3n) is 5.10. The number of guanidine groups is 1. The summed E-state index contributed by atoms with van der Waals surface area (Å²) in [6.07, 6.45) is 9.78. The number of aliphatic hydroxyl groups is 1. The minimum Gasteiger partial charge on any atom is -0.396 e. The Morgan fingerprint density at radius 1 is 1.25 bits per heavy atom. The van der Waals surface area contributed by atoms with E-state index < -0.39 is 0 Å². The minimum atomic E-state index is 0.0528. The summed E-state index contributed by atoms with van der Waals surface area (Å²) in [4.78, 5) is 4.32. The highest BCUT2D eigenvalue weighted by molar-refractivity contribution is 5.79. The Balaban J connectivity index is 2.22. The third-order valence-corrected chi connectivity index (χ3v) is 5.10. The van der Waals surface area contributed by atoms with Gasteiger partial charge in [-0.3, -0.25) is 4.99 Å². The molecular weight excluding hydrogens is 302 g/mol. The van der Waals surface area contributed by atoms with Crippen molar-refractivity contribution in [1.82, 2.24) is 10.6 Å². The van der Waals surface area contributed by atoms with Crippen molar-refractivity contribution in [3.63, 3.8) is 0 Å². The molecule has 0 aromatic heterocycles. The average Bonchev–Trinajstić information content (AvgIpc) is 3.04. The molecule has 1 aliphatic rings. The van der Waals surface area contributed by atoms with Crippen molar-refractivity contribution in [2.45, 2.75) is 65.2 Å². The number of nitrogens with one attached hydrogen (secondary N) is 2. The molecule has 1 saturated heterocycles. The number of ether oxygens (including phenoxy) is 1. The van der Waals surface area contributed by atoms with Gasteiger partial charge in [-0.1, -0.05) is 46.0 Å². The molecular formula is C19H39N3O2. The van der Waals surface area contributed by atoms with Gasteiger partial charge in [-0.15, -0.1) is 0 Å². The van der Waals surface area contributed by atoms with E-state index in [1.165, 1.54) is 38.5 Å². The second-order valence-electron chi connectivity index (χ2n) is 7.39. The zero-order valence-electron chi connectivity index (χ0n) is 16.1. The maximum Gasteiger partial charge on any atom is 0.191 e. The summed E-state index contributed by atoms with van der Waals surface area (Å²) in [5, 5.41) is 16.2. The van der Waals surface area contributed by atoms with Gasteiger partial charge < -0.3 is 20.5 Å². The lowest BCUT2D eigenvalue weighted by Crippen LogP contribution is -2.45. The Morgan fingerprint density at radius 3 is 2.67 bits per heavy atom. The van der Waals surface area contributed by atoms with E-state index >= 15 is 0 Å². The number of aliphatic hydroxyl groups excluding tert-OH is 1. The van der Waals surface area contributed by atoms with E-state index in [2.05, 4.69) is 29.5 Å².